The van der Waals surface area contributed by atoms with Gasteiger partial charge in [0.15, 0.2) is 11.5 Å². The number of nitrogens with two attached hydrogens (primary N) is 1. The molecule has 0 radical (unpaired) electrons. The van der Waals surface area contributed by atoms with E-state index >= 15 is 0 Å². The average molecular weight is 466 g/mol. The van der Waals surface area contributed by atoms with Gasteiger partial charge >= 0.3 is 0 Å². The van der Waals surface area contributed by atoms with Gasteiger partial charge in [-0.05, 0) is 55.0 Å². The lowest BCUT2D eigenvalue weighted by Gasteiger charge is -2.14. The van der Waals surface area contributed by atoms with Crippen LogP contribution in [0.5, 0.6) is 17.2 Å². The fourth-order valence-corrected chi connectivity index (χ4v) is 4.14. The first-order chi connectivity index (χ1) is 15.9. The zero-order valence-corrected chi connectivity index (χ0v) is 19.6. The van der Waals surface area contributed by atoms with Crippen molar-refractivity contribution in [2.24, 2.45) is 0 Å². The van der Waals surface area contributed by atoms with E-state index in [0.29, 0.717) is 45.6 Å². The number of hydrogen-bond acceptors (Lipinski definition) is 6. The van der Waals surface area contributed by atoms with Crippen molar-refractivity contribution < 1.29 is 18.6 Å². The largest absolute Gasteiger partial charge is 0.493 e. The summed E-state index contributed by atoms with van der Waals surface area (Å²) in [4.78, 5) is 0.758. The minimum Gasteiger partial charge on any atom is -0.493 e. The number of anilines is 1. The van der Waals surface area contributed by atoms with Crippen molar-refractivity contribution >= 4 is 18.4 Å². The van der Waals surface area contributed by atoms with E-state index in [1.54, 1.807) is 38.1 Å². The predicted molar refractivity (Wildman–Crippen MR) is 130 cm³/mol. The Morgan fingerprint density at radius 3 is 2.09 bits per heavy atom. The van der Waals surface area contributed by atoms with Gasteiger partial charge in [0.2, 0.25) is 5.75 Å². The second kappa shape index (κ2) is 9.07. The Hall–Kier alpha value is -3.65. The molecule has 1 heterocycles. The van der Waals surface area contributed by atoms with E-state index in [-0.39, 0.29) is 5.82 Å². The SMILES string of the molecule is COc1cc(-c2nn(-c3ccc(F)cc3)c(N)c2-c2ccc(C)cc2S)cc(OC)c1OC. The maximum Gasteiger partial charge on any atom is 0.203 e. The number of benzene rings is 3. The molecule has 0 bridgehead atoms. The van der Waals surface area contributed by atoms with E-state index in [1.165, 1.54) is 12.1 Å². The molecule has 0 saturated heterocycles. The lowest BCUT2D eigenvalue weighted by molar-refractivity contribution is 0.324. The third-order valence-corrected chi connectivity index (χ3v) is 5.72. The highest BCUT2D eigenvalue weighted by Crippen LogP contribution is 2.45. The van der Waals surface area contributed by atoms with Crippen molar-refractivity contribution in [1.29, 1.82) is 0 Å². The van der Waals surface area contributed by atoms with Crippen LogP contribution in [0, 0.1) is 12.7 Å². The summed E-state index contributed by atoms with van der Waals surface area (Å²) in [7, 11) is 4.66. The summed E-state index contributed by atoms with van der Waals surface area (Å²) in [6.07, 6.45) is 0. The number of nitrogen functional groups attached to an aromatic ring is 1. The second-order valence-corrected chi connectivity index (χ2v) is 7.91. The Bertz CT molecular complexity index is 1290. The summed E-state index contributed by atoms with van der Waals surface area (Å²) in [6.45, 7) is 1.99. The first-order valence-corrected chi connectivity index (χ1v) is 10.6. The van der Waals surface area contributed by atoms with Crippen molar-refractivity contribution in [1.82, 2.24) is 9.78 Å². The van der Waals surface area contributed by atoms with Crippen molar-refractivity contribution in [2.45, 2.75) is 11.8 Å². The molecule has 0 aliphatic rings. The molecule has 0 amide bonds. The number of halogens is 1. The molecule has 0 saturated carbocycles. The number of ether oxygens (including phenoxy) is 3. The molecular formula is C25H24FN3O3S. The minimum atomic E-state index is -0.342. The van der Waals surface area contributed by atoms with Crippen LogP contribution >= 0.6 is 12.6 Å². The summed E-state index contributed by atoms with van der Waals surface area (Å²) in [5, 5.41) is 4.81. The number of hydrogen-bond donors (Lipinski definition) is 2. The number of rotatable bonds is 6. The second-order valence-electron chi connectivity index (χ2n) is 7.43. The monoisotopic (exact) mass is 465 g/mol. The third-order valence-electron chi connectivity index (χ3n) is 5.35. The first-order valence-electron chi connectivity index (χ1n) is 10.1. The Kier molecular flexibility index (Phi) is 6.20. The van der Waals surface area contributed by atoms with Crippen molar-refractivity contribution in [3.63, 3.8) is 0 Å². The minimum absolute atomic E-state index is 0.342. The van der Waals surface area contributed by atoms with Gasteiger partial charge in [0.25, 0.3) is 0 Å². The van der Waals surface area contributed by atoms with Crippen LogP contribution in [0.25, 0.3) is 28.1 Å². The smallest absolute Gasteiger partial charge is 0.203 e. The summed E-state index contributed by atoms with van der Waals surface area (Å²) >= 11 is 4.69. The van der Waals surface area contributed by atoms with Crippen LogP contribution in [0.1, 0.15) is 5.56 Å². The molecule has 0 fully saturated rings. The molecule has 8 heteroatoms. The Labute approximate surface area is 197 Å². The Morgan fingerprint density at radius 1 is 0.909 bits per heavy atom. The molecule has 2 N–H and O–H groups in total. The van der Waals surface area contributed by atoms with Crippen LogP contribution in [0.15, 0.2) is 59.5 Å². The molecule has 0 aliphatic carbocycles. The fraction of sp³-hybridized carbons (Fsp3) is 0.160. The Balaban J connectivity index is 2.03. The molecule has 1 aromatic heterocycles. The molecule has 3 aromatic carbocycles. The lowest BCUT2D eigenvalue weighted by atomic mass is 9.99. The molecule has 170 valence electrons. The molecule has 33 heavy (non-hydrogen) atoms. The van der Waals surface area contributed by atoms with Gasteiger partial charge in [-0.25, -0.2) is 9.07 Å². The van der Waals surface area contributed by atoms with Gasteiger partial charge in [0, 0.05) is 16.0 Å². The van der Waals surface area contributed by atoms with Gasteiger partial charge in [0.1, 0.15) is 17.3 Å². The molecule has 4 rings (SSSR count). The molecular weight excluding hydrogens is 441 g/mol. The standard InChI is InChI=1S/C25H24FN3O3S/c1-14-5-10-18(21(33)11-14)22-23(15-12-19(30-2)24(32-4)20(13-15)31-3)28-29(25(22)27)17-8-6-16(26)7-9-17/h5-13,33H,27H2,1-4H3. The third kappa shape index (κ3) is 4.09. The average Bonchev–Trinajstić information content (AvgIpc) is 3.15. The normalized spacial score (nSPS) is 10.8. The van der Waals surface area contributed by atoms with Gasteiger partial charge in [-0.1, -0.05) is 12.1 Å². The van der Waals surface area contributed by atoms with Crippen molar-refractivity contribution in [2.75, 3.05) is 27.1 Å². The summed E-state index contributed by atoms with van der Waals surface area (Å²) in [5.41, 5.74) is 11.1. The molecule has 6 nitrogen and oxygen atoms in total. The van der Waals surface area contributed by atoms with Crippen molar-refractivity contribution in [3.8, 4) is 45.3 Å². The number of methoxy groups -OCH3 is 3. The highest BCUT2D eigenvalue weighted by molar-refractivity contribution is 7.80. The van der Waals surface area contributed by atoms with E-state index in [9.17, 15) is 4.39 Å². The van der Waals surface area contributed by atoms with Crippen LogP contribution in [0.4, 0.5) is 10.2 Å². The lowest BCUT2D eigenvalue weighted by Crippen LogP contribution is -2.02. The molecule has 4 aromatic rings. The molecule has 0 unspecified atom stereocenters. The number of thiol groups is 1. The Morgan fingerprint density at radius 2 is 1.55 bits per heavy atom. The van der Waals surface area contributed by atoms with Crippen LogP contribution in [0.2, 0.25) is 0 Å². The fourth-order valence-electron chi connectivity index (χ4n) is 3.75. The van der Waals surface area contributed by atoms with E-state index in [0.717, 1.165) is 16.0 Å². The van der Waals surface area contributed by atoms with Crippen LogP contribution in [-0.2, 0) is 0 Å². The van der Waals surface area contributed by atoms with Crippen LogP contribution < -0.4 is 19.9 Å². The van der Waals surface area contributed by atoms with Gasteiger partial charge in [-0.3, -0.25) is 0 Å². The summed E-state index contributed by atoms with van der Waals surface area (Å²) in [6, 6.07) is 15.5. The van der Waals surface area contributed by atoms with Gasteiger partial charge in [-0.2, -0.15) is 5.10 Å². The summed E-state index contributed by atoms with van der Waals surface area (Å²) in [5.74, 6) is 1.50. The number of aromatic nitrogens is 2. The van der Waals surface area contributed by atoms with Crippen LogP contribution in [-0.4, -0.2) is 31.1 Å². The number of aryl methyl sites for hydroxylation is 1. The zero-order valence-electron chi connectivity index (χ0n) is 18.7. The van der Waals surface area contributed by atoms with Gasteiger partial charge in [-0.15, -0.1) is 12.6 Å². The maximum absolute atomic E-state index is 13.5. The summed E-state index contributed by atoms with van der Waals surface area (Å²) < 4.78 is 31.6. The van der Waals surface area contributed by atoms with E-state index < -0.39 is 0 Å². The maximum atomic E-state index is 13.5. The van der Waals surface area contributed by atoms with Crippen LogP contribution in [0.3, 0.4) is 0 Å². The van der Waals surface area contributed by atoms with E-state index in [1.807, 2.05) is 37.3 Å². The quantitative estimate of drug-likeness (QED) is 0.365. The van der Waals surface area contributed by atoms with E-state index in [4.69, 9.17) is 37.7 Å². The highest BCUT2D eigenvalue weighted by Gasteiger charge is 2.24. The molecule has 0 spiro atoms. The van der Waals surface area contributed by atoms with Crippen molar-refractivity contribution in [3.05, 3.63) is 66.0 Å². The van der Waals surface area contributed by atoms with Gasteiger partial charge < -0.3 is 19.9 Å². The number of nitrogens with zero attached hydrogens (tertiary/aromatic N) is 2. The highest BCUT2D eigenvalue weighted by atomic mass is 32.1. The topological polar surface area (TPSA) is 71.5 Å². The predicted octanol–water partition coefficient (Wildman–Crippen LogP) is 5.55. The zero-order chi connectivity index (χ0) is 23.7. The van der Waals surface area contributed by atoms with Gasteiger partial charge in [0.05, 0.1) is 32.6 Å². The molecule has 0 atom stereocenters. The van der Waals surface area contributed by atoms with E-state index in [2.05, 4.69) is 0 Å². The molecule has 0 aliphatic heterocycles. The first kappa shape index (κ1) is 22.5.